The average molecular weight is 303 g/mol. The largest absolute Gasteiger partial charge is 0.465 e. The lowest BCUT2D eigenvalue weighted by Crippen LogP contribution is -2.50. The van der Waals surface area contributed by atoms with Crippen molar-refractivity contribution in [3.63, 3.8) is 0 Å². The number of carbonyl (C=O) groups is 1. The van der Waals surface area contributed by atoms with Crippen molar-refractivity contribution in [3.05, 3.63) is 5.51 Å². The summed E-state index contributed by atoms with van der Waals surface area (Å²) in [5, 5.41) is 11.0. The van der Waals surface area contributed by atoms with E-state index in [1.54, 1.807) is 17.3 Å². The summed E-state index contributed by atoms with van der Waals surface area (Å²) in [4.78, 5) is 12.0. The lowest BCUT2D eigenvalue weighted by molar-refractivity contribution is -0.150. The Morgan fingerprint density at radius 1 is 1.58 bits per heavy atom. The molecule has 1 aromatic rings. The predicted molar refractivity (Wildman–Crippen MR) is 78.6 cm³/mol. The van der Waals surface area contributed by atoms with E-state index in [1.807, 2.05) is 20.8 Å². The van der Waals surface area contributed by atoms with E-state index in [2.05, 4.69) is 15.5 Å². The first-order valence-corrected chi connectivity index (χ1v) is 8.30. The average Bonchev–Trinajstić information content (AvgIpc) is 2.88. The number of hydrogen-bond donors (Lipinski definition) is 1. The highest BCUT2D eigenvalue weighted by Crippen LogP contribution is 2.22. The van der Waals surface area contributed by atoms with Crippen LogP contribution >= 0.6 is 23.1 Å². The van der Waals surface area contributed by atoms with Gasteiger partial charge in [0.1, 0.15) is 11.0 Å². The molecular formula is C12H21N3O2S2. The van der Waals surface area contributed by atoms with E-state index in [9.17, 15) is 4.79 Å². The minimum atomic E-state index is -0.591. The standard InChI is InChI=1S/C12H21N3O2S2/c1-4-13-12(3,10(16)17-5-2)7-6-8-18-11-15-14-9-19-11/h9,13H,4-8H2,1-3H3. The summed E-state index contributed by atoms with van der Waals surface area (Å²) < 4.78 is 6.11. The second kappa shape index (κ2) is 8.50. The fourth-order valence-corrected chi connectivity index (χ4v) is 3.25. The molecule has 0 radical (unpaired) electrons. The van der Waals surface area contributed by atoms with Crippen LogP contribution in [0.1, 0.15) is 33.6 Å². The molecule has 7 heteroatoms. The van der Waals surface area contributed by atoms with Gasteiger partial charge in [-0.25, -0.2) is 0 Å². The number of likely N-dealkylation sites (N-methyl/N-ethyl adjacent to an activating group) is 1. The molecule has 0 fully saturated rings. The molecule has 0 saturated carbocycles. The first kappa shape index (κ1) is 16.4. The number of rotatable bonds is 9. The molecule has 0 aliphatic heterocycles. The maximum Gasteiger partial charge on any atom is 0.326 e. The van der Waals surface area contributed by atoms with E-state index in [1.165, 1.54) is 11.3 Å². The lowest BCUT2D eigenvalue weighted by atomic mass is 9.96. The molecule has 0 bridgehead atoms. The summed E-state index contributed by atoms with van der Waals surface area (Å²) >= 11 is 3.21. The normalized spacial score (nSPS) is 14.1. The molecule has 1 atom stereocenters. The number of aromatic nitrogens is 2. The molecule has 1 aromatic heterocycles. The van der Waals surface area contributed by atoms with Gasteiger partial charge in [-0.05, 0) is 33.2 Å². The lowest BCUT2D eigenvalue weighted by Gasteiger charge is -2.28. The monoisotopic (exact) mass is 303 g/mol. The third-order valence-electron chi connectivity index (χ3n) is 2.68. The van der Waals surface area contributed by atoms with Crippen molar-refractivity contribution in [3.8, 4) is 0 Å². The summed E-state index contributed by atoms with van der Waals surface area (Å²) in [6.45, 7) is 6.89. The van der Waals surface area contributed by atoms with Crippen LogP contribution in [0.2, 0.25) is 0 Å². The van der Waals surface area contributed by atoms with Crippen LogP contribution in [0, 0.1) is 0 Å². The maximum atomic E-state index is 12.0. The quantitative estimate of drug-likeness (QED) is 0.429. The molecule has 1 N–H and O–H groups in total. The van der Waals surface area contributed by atoms with Crippen LogP contribution in [0.3, 0.4) is 0 Å². The van der Waals surface area contributed by atoms with Gasteiger partial charge in [0.05, 0.1) is 6.61 Å². The van der Waals surface area contributed by atoms with Gasteiger partial charge in [0, 0.05) is 5.75 Å². The van der Waals surface area contributed by atoms with Crippen molar-refractivity contribution in [2.75, 3.05) is 18.9 Å². The fraction of sp³-hybridized carbons (Fsp3) is 0.750. The third-order valence-corrected chi connectivity index (χ3v) is 4.63. The summed E-state index contributed by atoms with van der Waals surface area (Å²) in [6, 6.07) is 0. The van der Waals surface area contributed by atoms with Crippen LogP contribution in [0.4, 0.5) is 0 Å². The molecule has 108 valence electrons. The van der Waals surface area contributed by atoms with Gasteiger partial charge in [-0.1, -0.05) is 30.0 Å². The third kappa shape index (κ3) is 5.46. The number of ether oxygens (including phenoxy) is 1. The maximum absolute atomic E-state index is 12.0. The number of hydrogen-bond acceptors (Lipinski definition) is 7. The second-order valence-electron chi connectivity index (χ2n) is 4.24. The Labute approximate surface area is 122 Å². The van der Waals surface area contributed by atoms with E-state index in [4.69, 9.17) is 4.74 Å². The van der Waals surface area contributed by atoms with Gasteiger partial charge in [-0.15, -0.1) is 10.2 Å². The predicted octanol–water partition coefficient (Wildman–Crippen LogP) is 2.34. The van der Waals surface area contributed by atoms with Gasteiger partial charge >= 0.3 is 5.97 Å². The molecule has 0 saturated heterocycles. The number of esters is 1. The number of carbonyl (C=O) groups excluding carboxylic acids is 1. The highest BCUT2D eigenvalue weighted by atomic mass is 32.2. The highest BCUT2D eigenvalue weighted by molar-refractivity contribution is 8.00. The topological polar surface area (TPSA) is 64.1 Å². The summed E-state index contributed by atoms with van der Waals surface area (Å²) in [5.41, 5.74) is 1.14. The molecule has 0 aliphatic rings. The van der Waals surface area contributed by atoms with E-state index >= 15 is 0 Å². The Hall–Kier alpha value is -0.660. The van der Waals surface area contributed by atoms with E-state index in [-0.39, 0.29) is 5.97 Å². The van der Waals surface area contributed by atoms with Gasteiger partial charge in [0.2, 0.25) is 0 Å². The van der Waals surface area contributed by atoms with Crippen LogP contribution < -0.4 is 5.32 Å². The first-order chi connectivity index (χ1) is 9.12. The molecule has 0 spiro atoms. The van der Waals surface area contributed by atoms with Gasteiger partial charge < -0.3 is 10.1 Å². The van der Waals surface area contributed by atoms with Crippen molar-refractivity contribution in [1.82, 2.24) is 15.5 Å². The van der Waals surface area contributed by atoms with Crippen molar-refractivity contribution in [2.24, 2.45) is 0 Å². The van der Waals surface area contributed by atoms with Gasteiger partial charge in [-0.2, -0.15) is 0 Å². The number of nitrogens with one attached hydrogen (secondary N) is 1. The molecule has 0 amide bonds. The van der Waals surface area contributed by atoms with Crippen LogP contribution in [0.5, 0.6) is 0 Å². The Balaban J connectivity index is 2.38. The fourth-order valence-electron chi connectivity index (χ4n) is 1.75. The zero-order valence-corrected chi connectivity index (χ0v) is 13.3. The Morgan fingerprint density at radius 2 is 2.37 bits per heavy atom. The van der Waals surface area contributed by atoms with Crippen LogP contribution in [-0.2, 0) is 9.53 Å². The van der Waals surface area contributed by atoms with Gasteiger partial charge in [0.25, 0.3) is 0 Å². The second-order valence-corrected chi connectivity index (χ2v) is 6.41. The summed E-state index contributed by atoms with van der Waals surface area (Å²) in [7, 11) is 0. The minimum Gasteiger partial charge on any atom is -0.465 e. The van der Waals surface area contributed by atoms with Crippen LogP contribution in [-0.4, -0.2) is 40.6 Å². The van der Waals surface area contributed by atoms with Crippen molar-refractivity contribution in [1.29, 1.82) is 0 Å². The van der Waals surface area contributed by atoms with E-state index in [0.29, 0.717) is 6.61 Å². The van der Waals surface area contributed by atoms with Crippen LogP contribution in [0.25, 0.3) is 0 Å². The Bertz CT molecular complexity index is 373. The number of thioether (sulfide) groups is 1. The molecule has 0 aromatic carbocycles. The zero-order chi connectivity index (χ0) is 14.1. The Kier molecular flexibility index (Phi) is 7.33. The molecule has 1 heterocycles. The van der Waals surface area contributed by atoms with Crippen molar-refractivity contribution in [2.45, 2.75) is 43.5 Å². The summed E-state index contributed by atoms with van der Waals surface area (Å²) in [6.07, 6.45) is 1.68. The number of nitrogens with zero attached hydrogens (tertiary/aromatic N) is 2. The van der Waals surface area contributed by atoms with Gasteiger partial charge in [-0.3, -0.25) is 4.79 Å². The molecule has 19 heavy (non-hydrogen) atoms. The summed E-state index contributed by atoms with van der Waals surface area (Å²) in [5.74, 6) is 0.757. The minimum absolute atomic E-state index is 0.169. The Morgan fingerprint density at radius 3 is 2.95 bits per heavy atom. The van der Waals surface area contributed by atoms with Gasteiger partial charge in [0.15, 0.2) is 4.34 Å². The first-order valence-electron chi connectivity index (χ1n) is 6.43. The smallest absolute Gasteiger partial charge is 0.326 e. The van der Waals surface area contributed by atoms with Crippen molar-refractivity contribution >= 4 is 29.1 Å². The van der Waals surface area contributed by atoms with E-state index in [0.717, 1.165) is 29.5 Å². The zero-order valence-electron chi connectivity index (χ0n) is 11.6. The molecule has 1 rings (SSSR count). The van der Waals surface area contributed by atoms with Crippen LogP contribution in [0.15, 0.2) is 9.85 Å². The molecule has 0 aliphatic carbocycles. The SMILES string of the molecule is CCNC(C)(CCCSc1nncs1)C(=O)OCC. The van der Waals surface area contributed by atoms with E-state index < -0.39 is 5.54 Å². The van der Waals surface area contributed by atoms with Crippen molar-refractivity contribution < 1.29 is 9.53 Å². The highest BCUT2D eigenvalue weighted by Gasteiger charge is 2.32. The molecule has 5 nitrogen and oxygen atoms in total. The molecule has 1 unspecified atom stereocenters. The molecular weight excluding hydrogens is 282 g/mol.